The zero-order valence-corrected chi connectivity index (χ0v) is 9.21. The Hall–Kier alpha value is -1.20. The number of hydrogen-bond donors (Lipinski definition) is 1. The van der Waals surface area contributed by atoms with Gasteiger partial charge < -0.3 is 0 Å². The van der Waals surface area contributed by atoms with Gasteiger partial charge in [0, 0.05) is 13.5 Å². The maximum atomic E-state index is 12.1. The third kappa shape index (κ3) is 2.24. The summed E-state index contributed by atoms with van der Waals surface area (Å²) < 4.78 is 18.5. The molecular weight excluding hydrogens is 212 g/mol. The van der Waals surface area contributed by atoms with Gasteiger partial charge in [-0.15, -0.1) is 4.36 Å². The number of hydrogen-bond acceptors (Lipinski definition) is 2. The zero-order chi connectivity index (χ0) is 10.9. The van der Waals surface area contributed by atoms with Crippen molar-refractivity contribution in [3.05, 3.63) is 35.4 Å². The lowest BCUT2D eigenvalue weighted by Crippen LogP contribution is -2.30. The van der Waals surface area contributed by atoms with Crippen LogP contribution in [0.2, 0.25) is 0 Å². The lowest BCUT2D eigenvalue weighted by atomic mass is 10.1. The molecule has 1 aromatic rings. The zero-order valence-electron chi connectivity index (χ0n) is 8.40. The molecule has 80 valence electrons. The largest absolute Gasteiger partial charge is 0.272 e. The Morgan fingerprint density at radius 3 is 2.73 bits per heavy atom. The number of fused-ring (bicyclic) bond motifs is 1. The molecule has 0 saturated carbocycles. The summed E-state index contributed by atoms with van der Waals surface area (Å²) in [5.74, 6) is -0.0881. The van der Waals surface area contributed by atoms with Crippen molar-refractivity contribution < 1.29 is 9.00 Å². The molecule has 0 aliphatic carbocycles. The van der Waals surface area contributed by atoms with Crippen LogP contribution < -0.4 is 4.72 Å². The first-order valence-corrected chi connectivity index (χ1v) is 6.34. The Morgan fingerprint density at radius 1 is 1.40 bits per heavy atom. The highest BCUT2D eigenvalue weighted by molar-refractivity contribution is 7.91. The molecule has 1 heterocycles. The van der Waals surface area contributed by atoms with E-state index in [-0.39, 0.29) is 0 Å². The highest BCUT2D eigenvalue weighted by atomic mass is 32.2. The summed E-state index contributed by atoms with van der Waals surface area (Å²) in [5.41, 5.74) is 2.13. The van der Waals surface area contributed by atoms with Crippen molar-refractivity contribution >= 4 is 15.8 Å². The summed E-state index contributed by atoms with van der Waals surface area (Å²) in [6.07, 6.45) is 0. The second kappa shape index (κ2) is 3.75. The van der Waals surface area contributed by atoms with Gasteiger partial charge in [0.15, 0.2) is 0 Å². The highest BCUT2D eigenvalue weighted by Crippen LogP contribution is 2.18. The van der Waals surface area contributed by atoms with Crippen LogP contribution in [-0.2, 0) is 27.0 Å². The van der Waals surface area contributed by atoms with E-state index in [4.69, 9.17) is 0 Å². The monoisotopic (exact) mass is 224 g/mol. The smallest absolute Gasteiger partial charge is 0.251 e. The molecule has 15 heavy (non-hydrogen) atoms. The minimum Gasteiger partial charge on any atom is -0.272 e. The second-order valence-corrected chi connectivity index (χ2v) is 5.53. The van der Waals surface area contributed by atoms with Gasteiger partial charge in [-0.05, 0) is 11.1 Å². The predicted octanol–water partition coefficient (Wildman–Crippen LogP) is 1.22. The summed E-state index contributed by atoms with van der Waals surface area (Å²) in [6, 6.07) is 7.74. The van der Waals surface area contributed by atoms with Crippen LogP contribution in [0.4, 0.5) is 0 Å². The summed E-state index contributed by atoms with van der Waals surface area (Å²) in [5, 5.41) is 0. The average molecular weight is 224 g/mol. The minimum atomic E-state index is -2.58. The fourth-order valence-electron chi connectivity index (χ4n) is 1.60. The molecule has 0 radical (unpaired) electrons. The lowest BCUT2D eigenvalue weighted by Gasteiger charge is -2.20. The fourth-order valence-corrected chi connectivity index (χ4v) is 3.33. The van der Waals surface area contributed by atoms with Crippen LogP contribution in [0.5, 0.6) is 0 Å². The molecule has 0 saturated heterocycles. The van der Waals surface area contributed by atoms with Crippen molar-refractivity contribution in [1.29, 1.82) is 0 Å². The number of carbonyl (C=O) groups is 1. The first-order valence-electron chi connectivity index (χ1n) is 4.66. The van der Waals surface area contributed by atoms with Crippen molar-refractivity contribution in [1.82, 2.24) is 4.72 Å². The van der Waals surface area contributed by atoms with Crippen LogP contribution in [0, 0.1) is 0 Å². The van der Waals surface area contributed by atoms with Gasteiger partial charge in [0.25, 0.3) is 5.91 Å². The maximum Gasteiger partial charge on any atom is 0.251 e. The van der Waals surface area contributed by atoms with Gasteiger partial charge in [0.1, 0.15) is 9.92 Å². The second-order valence-electron chi connectivity index (χ2n) is 3.48. The van der Waals surface area contributed by atoms with Gasteiger partial charge in [0.05, 0.1) is 5.75 Å². The Morgan fingerprint density at radius 2 is 2.07 bits per heavy atom. The molecule has 1 aliphatic rings. The Bertz CT molecular complexity index is 516. The molecule has 1 aliphatic heterocycles. The van der Waals surface area contributed by atoms with Crippen LogP contribution in [0.25, 0.3) is 0 Å². The van der Waals surface area contributed by atoms with Crippen LogP contribution in [0.15, 0.2) is 28.6 Å². The molecule has 1 unspecified atom stereocenters. The molecule has 1 amide bonds. The van der Waals surface area contributed by atoms with Crippen molar-refractivity contribution in [3.63, 3.8) is 0 Å². The Labute approximate surface area is 89.0 Å². The Kier molecular flexibility index (Phi) is 2.58. The molecule has 0 bridgehead atoms. The summed E-state index contributed by atoms with van der Waals surface area (Å²) in [7, 11) is -2.58. The summed E-state index contributed by atoms with van der Waals surface area (Å²) >= 11 is 0. The fraction of sp³-hybridized carbons (Fsp3) is 0.300. The lowest BCUT2D eigenvalue weighted by molar-refractivity contribution is -0.115. The third-order valence-corrected chi connectivity index (χ3v) is 4.08. The number of carbonyl (C=O) groups excluding carboxylic acids is 1. The minimum absolute atomic E-state index is 0.308. The molecular formula is C10H12N2O2S. The predicted molar refractivity (Wildman–Crippen MR) is 58.2 cm³/mol. The quantitative estimate of drug-likeness (QED) is 0.720. The normalized spacial score (nSPS) is 24.3. The molecule has 0 fully saturated rings. The van der Waals surface area contributed by atoms with Gasteiger partial charge in [0.2, 0.25) is 0 Å². The number of amides is 1. The molecule has 1 aromatic carbocycles. The number of nitrogens with one attached hydrogen (secondary N) is 1. The number of nitrogens with zero attached hydrogens (tertiary/aromatic N) is 1. The molecule has 4 nitrogen and oxygen atoms in total. The average Bonchev–Trinajstić information content (AvgIpc) is 2.15. The first-order chi connectivity index (χ1) is 7.09. The van der Waals surface area contributed by atoms with Crippen molar-refractivity contribution in [2.24, 2.45) is 4.36 Å². The molecule has 2 rings (SSSR count). The van der Waals surface area contributed by atoms with E-state index in [1.165, 1.54) is 6.92 Å². The van der Waals surface area contributed by atoms with Crippen molar-refractivity contribution in [2.75, 3.05) is 0 Å². The SMILES string of the molecule is CC(=O)N=S1(=O)Cc2ccccc2CN1. The first kappa shape index (κ1) is 10.3. The van der Waals surface area contributed by atoms with Gasteiger partial charge in [-0.3, -0.25) is 4.79 Å². The van der Waals surface area contributed by atoms with Crippen LogP contribution >= 0.6 is 0 Å². The van der Waals surface area contributed by atoms with Crippen LogP contribution in [0.1, 0.15) is 18.1 Å². The summed E-state index contributed by atoms with van der Waals surface area (Å²) in [4.78, 5) is 10.8. The van der Waals surface area contributed by atoms with Crippen molar-refractivity contribution in [2.45, 2.75) is 19.2 Å². The third-order valence-electron chi connectivity index (χ3n) is 2.23. The highest BCUT2D eigenvalue weighted by Gasteiger charge is 2.19. The molecule has 0 spiro atoms. The van der Waals surface area contributed by atoms with Crippen molar-refractivity contribution in [3.8, 4) is 0 Å². The maximum absolute atomic E-state index is 12.1. The van der Waals surface area contributed by atoms with E-state index >= 15 is 0 Å². The van der Waals surface area contributed by atoms with Crippen LogP contribution in [-0.4, -0.2) is 10.1 Å². The number of benzene rings is 1. The molecule has 1 N–H and O–H groups in total. The van der Waals surface area contributed by atoms with Gasteiger partial charge in [-0.1, -0.05) is 24.3 Å². The van der Waals surface area contributed by atoms with E-state index in [9.17, 15) is 9.00 Å². The van der Waals surface area contributed by atoms with Crippen LogP contribution in [0.3, 0.4) is 0 Å². The van der Waals surface area contributed by atoms with E-state index in [0.717, 1.165) is 11.1 Å². The standard InChI is InChI=1S/C10H12N2O2S/c1-8(13)12-15(14)7-10-5-3-2-4-9(10)6-11-15/h2-5H,6-7H2,1H3,(H,11,12,13,14). The van der Waals surface area contributed by atoms with E-state index in [0.29, 0.717) is 12.3 Å². The molecule has 0 aromatic heterocycles. The molecule has 5 heteroatoms. The Balaban J connectivity index is 2.41. The topological polar surface area (TPSA) is 58.5 Å². The molecule has 1 atom stereocenters. The van der Waals surface area contributed by atoms with E-state index in [1.54, 1.807) is 0 Å². The van der Waals surface area contributed by atoms with Gasteiger partial charge in [-0.2, -0.15) is 0 Å². The summed E-state index contributed by atoms with van der Waals surface area (Å²) in [6.45, 7) is 1.82. The van der Waals surface area contributed by atoms with Gasteiger partial charge >= 0.3 is 0 Å². The van der Waals surface area contributed by atoms with E-state index < -0.39 is 15.8 Å². The van der Waals surface area contributed by atoms with Gasteiger partial charge in [-0.25, -0.2) is 8.93 Å². The van der Waals surface area contributed by atoms with E-state index in [1.807, 2.05) is 24.3 Å². The number of rotatable bonds is 0. The van der Waals surface area contributed by atoms with E-state index in [2.05, 4.69) is 9.08 Å².